The van der Waals surface area contributed by atoms with Gasteiger partial charge in [0.2, 0.25) is 17.7 Å². The molecule has 0 N–H and O–H groups in total. The average Bonchev–Trinajstić information content (AvgIpc) is 3.86. The third kappa shape index (κ3) is 13.1. The molecule has 312 valence electrons. The van der Waals surface area contributed by atoms with Gasteiger partial charge in [-0.05, 0) is 50.5 Å². The quantitative estimate of drug-likeness (QED) is 0.284. The van der Waals surface area contributed by atoms with Crippen LogP contribution in [-0.2, 0) is 14.4 Å². The van der Waals surface area contributed by atoms with Gasteiger partial charge in [-0.1, -0.05) is 36.7 Å². The Morgan fingerprint density at radius 2 is 0.696 bits per heavy atom. The number of urea groups is 3. The maximum atomic E-state index is 11.1. The smallest absolute Gasteiger partial charge is 0.326 e. The number of likely N-dealkylation sites (N-methyl/N-ethyl adjacent to an activating group) is 12. The molecule has 0 bridgehead atoms. The van der Waals surface area contributed by atoms with Crippen LogP contribution in [0, 0.1) is 0 Å². The molecule has 6 aliphatic rings. The Labute approximate surface area is 361 Å². The van der Waals surface area contributed by atoms with Crippen LogP contribution in [0.2, 0.25) is 0 Å². The van der Waals surface area contributed by atoms with Crippen molar-refractivity contribution < 1.29 is 28.8 Å². The third-order valence-corrected chi connectivity index (χ3v) is 11.6. The predicted octanol–water partition coefficient (Wildman–Crippen LogP) is 0.739. The van der Waals surface area contributed by atoms with E-state index < -0.39 is 0 Å². The Morgan fingerprint density at radius 1 is 0.357 bits per heavy atom. The summed E-state index contributed by atoms with van der Waals surface area (Å²) in [7, 11) is 17.3. The van der Waals surface area contributed by atoms with Gasteiger partial charge in [-0.25, -0.2) is 14.4 Å². The predicted molar refractivity (Wildman–Crippen MR) is 238 cm³/mol. The molecule has 0 unspecified atom stereocenters. The van der Waals surface area contributed by atoms with Crippen molar-refractivity contribution in [1.82, 2.24) is 58.8 Å². The van der Waals surface area contributed by atoms with Crippen molar-refractivity contribution in [2.75, 3.05) is 123 Å². The first-order valence-corrected chi connectivity index (χ1v) is 19.5. The van der Waals surface area contributed by atoms with E-state index in [2.05, 4.69) is 0 Å². The van der Waals surface area contributed by atoms with Crippen molar-refractivity contribution in [2.45, 2.75) is 13.8 Å². The second-order valence-corrected chi connectivity index (χ2v) is 15.4. The van der Waals surface area contributed by atoms with Gasteiger partial charge in [-0.3, -0.25) is 38.9 Å². The van der Waals surface area contributed by atoms with Gasteiger partial charge < -0.3 is 34.3 Å². The maximum absolute atomic E-state index is 11.1. The summed E-state index contributed by atoms with van der Waals surface area (Å²) >= 11 is 29.6. The number of rotatable bonds is 2. The van der Waals surface area contributed by atoms with Gasteiger partial charge >= 0.3 is 18.1 Å². The molecule has 0 aromatic heterocycles. The summed E-state index contributed by atoms with van der Waals surface area (Å²) in [5.74, 6) is 0.0249. The number of carbonyl (C=O) groups is 6. The van der Waals surface area contributed by atoms with E-state index in [1.807, 2.05) is 49.7 Å². The highest BCUT2D eigenvalue weighted by molar-refractivity contribution is 7.82. The van der Waals surface area contributed by atoms with Crippen LogP contribution in [0.1, 0.15) is 13.8 Å². The van der Waals surface area contributed by atoms with Crippen LogP contribution in [-0.4, -0.2) is 248 Å². The number of carbonyl (C=O) groups excluding carboxylic acids is 6. The Kier molecular flexibility index (Phi) is 19.9. The number of imide groups is 1. The normalized spacial score (nSPS) is 19.5. The number of hydrogen-bond acceptors (Lipinski definition) is 12. The Hall–Kier alpha value is -3.84. The third-order valence-electron chi connectivity index (χ3n) is 8.72. The van der Waals surface area contributed by atoms with E-state index in [1.54, 1.807) is 57.0 Å². The lowest BCUT2D eigenvalue weighted by Crippen LogP contribution is -2.29. The van der Waals surface area contributed by atoms with Crippen LogP contribution in [0.4, 0.5) is 14.4 Å². The fourth-order valence-corrected chi connectivity index (χ4v) is 6.24. The second kappa shape index (κ2) is 22.2. The first-order chi connectivity index (χ1) is 25.8. The van der Waals surface area contributed by atoms with Crippen LogP contribution in [0.25, 0.3) is 0 Å². The molecule has 0 saturated carbocycles. The molecule has 6 saturated heterocycles. The van der Waals surface area contributed by atoms with Gasteiger partial charge in [0.05, 0.1) is 32.7 Å². The topological polar surface area (TPSA) is 141 Å². The van der Waals surface area contributed by atoms with Crippen LogP contribution in [0.15, 0.2) is 0 Å². The van der Waals surface area contributed by atoms with E-state index in [0.29, 0.717) is 46.4 Å². The molecule has 24 heteroatoms. The Balaban J connectivity index is 0.000000336. The second-order valence-electron chi connectivity index (χ2n) is 12.9. The lowest BCUT2D eigenvalue weighted by Gasteiger charge is -2.14. The largest absolute Gasteiger partial charge is 0.345 e. The zero-order valence-corrected chi connectivity index (χ0v) is 38.8. The zero-order valence-electron chi connectivity index (χ0n) is 33.9. The molecule has 18 nitrogen and oxygen atoms in total. The summed E-state index contributed by atoms with van der Waals surface area (Å²) in [6.07, 6.45) is 0. The first-order valence-electron chi connectivity index (χ1n) is 17.0. The van der Waals surface area contributed by atoms with Crippen molar-refractivity contribution in [3.63, 3.8) is 0 Å². The van der Waals surface area contributed by atoms with Crippen molar-refractivity contribution in [3.05, 3.63) is 0 Å². The molecule has 6 rings (SSSR count). The number of amides is 9. The highest BCUT2D eigenvalue weighted by Gasteiger charge is 2.31. The molecule has 0 spiro atoms. The summed E-state index contributed by atoms with van der Waals surface area (Å²) < 4.78 is 0. The van der Waals surface area contributed by atoms with E-state index in [0.717, 1.165) is 34.6 Å². The lowest BCUT2D eigenvalue weighted by atomic mass is 10.5. The summed E-state index contributed by atoms with van der Waals surface area (Å²) in [6.45, 7) is 8.57. The van der Waals surface area contributed by atoms with E-state index in [1.165, 1.54) is 31.5 Å². The minimum Gasteiger partial charge on any atom is -0.345 e. The lowest BCUT2D eigenvalue weighted by molar-refractivity contribution is -0.125. The molecule has 0 aromatic carbocycles. The highest BCUT2D eigenvalue weighted by Crippen LogP contribution is 2.09. The molecular formula is C32H52N12O6S6. The molecule has 0 aromatic rings. The zero-order chi connectivity index (χ0) is 43.5. The molecule has 0 aliphatic carbocycles. The Bertz CT molecular complexity index is 1440. The molecule has 6 fully saturated rings. The monoisotopic (exact) mass is 892 g/mol. The van der Waals surface area contributed by atoms with Crippen molar-refractivity contribution >= 4 is 139 Å². The van der Waals surface area contributed by atoms with E-state index >= 15 is 0 Å². The molecular weight excluding hydrogens is 841 g/mol. The van der Waals surface area contributed by atoms with Crippen molar-refractivity contribution in [3.8, 4) is 0 Å². The van der Waals surface area contributed by atoms with Gasteiger partial charge in [0.1, 0.15) is 21.5 Å². The highest BCUT2D eigenvalue weighted by atomic mass is 32.1. The molecule has 56 heavy (non-hydrogen) atoms. The van der Waals surface area contributed by atoms with Crippen molar-refractivity contribution in [2.24, 2.45) is 0 Å². The Morgan fingerprint density at radius 3 is 0.839 bits per heavy atom. The van der Waals surface area contributed by atoms with E-state index in [9.17, 15) is 28.8 Å². The van der Waals surface area contributed by atoms with Crippen LogP contribution in [0.3, 0.4) is 0 Å². The molecule has 6 aliphatic heterocycles. The maximum Gasteiger partial charge on any atom is 0.326 e. The minimum absolute atomic E-state index is 0.0139. The number of hydrogen-bond donors (Lipinski definition) is 0. The van der Waals surface area contributed by atoms with Crippen LogP contribution >= 0.6 is 73.3 Å². The molecule has 6 heterocycles. The summed E-state index contributed by atoms with van der Waals surface area (Å²) in [5.41, 5.74) is 0. The summed E-state index contributed by atoms with van der Waals surface area (Å²) in [6, 6.07) is -0.215. The van der Waals surface area contributed by atoms with E-state index in [4.69, 9.17) is 73.3 Å². The number of nitrogens with zero attached hydrogens (tertiary/aromatic N) is 12. The van der Waals surface area contributed by atoms with Crippen LogP contribution in [0.5, 0.6) is 0 Å². The van der Waals surface area contributed by atoms with Crippen molar-refractivity contribution in [1.29, 1.82) is 0 Å². The standard InChI is InChI=1S/2C6H10N2OS.C5H8N2O2.2C5H8N2OS.C5H8N2S2/c1-3-8-4-5(10)7(2)6(8)9;1-3-8-4-5(9)7(2)6(8)10;1-6-3-4(8)7(2)5(6)9;1-6-3-4(9)7(2)5(6)8;2*1-6-3-4(8)7(2)5(6)9/h2*3-4H2,1-2H3;4*3H2,1-2H3. The fraction of sp³-hybridized carbons (Fsp3) is 0.625. The summed E-state index contributed by atoms with van der Waals surface area (Å²) in [4.78, 5) is 86.7. The molecule has 0 atom stereocenters. The van der Waals surface area contributed by atoms with Gasteiger partial charge in [0.15, 0.2) is 15.3 Å². The van der Waals surface area contributed by atoms with Gasteiger partial charge in [-0.15, -0.1) is 0 Å². The first kappa shape index (κ1) is 50.2. The fourth-order valence-electron chi connectivity index (χ4n) is 4.76. The van der Waals surface area contributed by atoms with E-state index in [-0.39, 0.29) is 42.4 Å². The number of thiocarbonyl (C=S) groups is 6. The molecule has 0 radical (unpaired) electrons. The van der Waals surface area contributed by atoms with Gasteiger partial charge in [-0.2, -0.15) is 0 Å². The van der Waals surface area contributed by atoms with Gasteiger partial charge in [0.25, 0.3) is 0 Å². The van der Waals surface area contributed by atoms with Gasteiger partial charge in [0, 0.05) is 83.6 Å². The summed E-state index contributed by atoms with van der Waals surface area (Å²) in [5, 5.41) is 2.08. The molecule has 9 amide bonds. The van der Waals surface area contributed by atoms with Crippen LogP contribution < -0.4 is 0 Å². The SMILES string of the molecule is CCN1CC(=O)N(C)C1=S.CCN1CC(=S)N(C)C1=O.CN1CC(=O)N(C)C1=O.CN1CC(=O)N(C)C1=S.CN1CC(=S)N(C)C1=O.CN1CC(=S)N(C)C1=S. The minimum atomic E-state index is -0.222. The average molecular weight is 893 g/mol.